The molecule has 0 bridgehead atoms. The quantitative estimate of drug-likeness (QED) is 0.865. The van der Waals surface area contributed by atoms with E-state index in [1.165, 1.54) is 35.1 Å². The lowest BCUT2D eigenvalue weighted by Crippen LogP contribution is -2.22. The molecule has 18 heavy (non-hydrogen) atoms. The van der Waals surface area contributed by atoms with Gasteiger partial charge in [-0.2, -0.15) is 0 Å². The van der Waals surface area contributed by atoms with Gasteiger partial charge in [-0.05, 0) is 25.3 Å². The molecule has 0 aromatic heterocycles. The zero-order valence-corrected chi connectivity index (χ0v) is 10.8. The third-order valence-electron chi connectivity index (χ3n) is 4.84. The lowest BCUT2D eigenvalue weighted by Gasteiger charge is -2.21. The highest BCUT2D eigenvalue weighted by Gasteiger charge is 2.49. The first-order chi connectivity index (χ1) is 8.77. The molecule has 2 N–H and O–H groups in total. The van der Waals surface area contributed by atoms with Crippen molar-refractivity contribution in [1.82, 2.24) is 0 Å². The van der Waals surface area contributed by atoms with E-state index < -0.39 is 0 Å². The van der Waals surface area contributed by atoms with E-state index in [1.807, 2.05) is 0 Å². The van der Waals surface area contributed by atoms with E-state index in [0.29, 0.717) is 0 Å². The number of rotatable bonds is 2. The molecule has 3 aliphatic rings. The van der Waals surface area contributed by atoms with E-state index in [4.69, 9.17) is 15.2 Å². The molecule has 2 heterocycles. The summed E-state index contributed by atoms with van der Waals surface area (Å²) in [5.74, 6) is 2.29. The molecular formula is C15H19NO2. The average Bonchev–Trinajstić information content (AvgIpc) is 2.80. The van der Waals surface area contributed by atoms with Crippen LogP contribution in [0.3, 0.4) is 0 Å². The van der Waals surface area contributed by atoms with Gasteiger partial charge in [-0.25, -0.2) is 0 Å². The van der Waals surface area contributed by atoms with Crippen molar-refractivity contribution in [2.75, 3.05) is 19.8 Å². The highest BCUT2D eigenvalue weighted by Crippen LogP contribution is 2.57. The summed E-state index contributed by atoms with van der Waals surface area (Å²) in [6.07, 6.45) is 4.44. The molecule has 0 atom stereocenters. The molecular weight excluding hydrogens is 226 g/mol. The van der Waals surface area contributed by atoms with Crippen molar-refractivity contribution in [2.45, 2.75) is 38.0 Å². The van der Waals surface area contributed by atoms with E-state index in [2.05, 4.69) is 6.92 Å². The van der Waals surface area contributed by atoms with Crippen LogP contribution in [0, 0.1) is 6.92 Å². The van der Waals surface area contributed by atoms with Gasteiger partial charge in [-0.3, -0.25) is 0 Å². The average molecular weight is 245 g/mol. The Morgan fingerprint density at radius 2 is 1.72 bits per heavy atom. The summed E-state index contributed by atoms with van der Waals surface area (Å²) in [6.45, 7) is 4.53. The lowest BCUT2D eigenvalue weighted by atomic mass is 9.85. The molecule has 1 fully saturated rings. The number of hydrogen-bond acceptors (Lipinski definition) is 3. The first-order valence-corrected chi connectivity index (χ1v) is 6.91. The highest BCUT2D eigenvalue weighted by atomic mass is 16.5. The van der Waals surface area contributed by atoms with Crippen molar-refractivity contribution in [3.05, 3.63) is 22.3 Å². The van der Waals surface area contributed by atoms with Gasteiger partial charge in [0, 0.05) is 41.5 Å². The monoisotopic (exact) mass is 245 g/mol. The molecule has 1 aliphatic carbocycles. The number of fused-ring (bicyclic) bond motifs is 2. The summed E-state index contributed by atoms with van der Waals surface area (Å²) < 4.78 is 11.8. The largest absolute Gasteiger partial charge is 0.493 e. The van der Waals surface area contributed by atoms with Crippen LogP contribution in [-0.4, -0.2) is 19.8 Å². The van der Waals surface area contributed by atoms with E-state index >= 15 is 0 Å². The van der Waals surface area contributed by atoms with Crippen molar-refractivity contribution in [1.29, 1.82) is 0 Å². The predicted octanol–water partition coefficient (Wildman–Crippen LogP) is 1.86. The van der Waals surface area contributed by atoms with E-state index in [-0.39, 0.29) is 5.41 Å². The Kier molecular flexibility index (Phi) is 2.03. The van der Waals surface area contributed by atoms with Crippen LogP contribution in [0.1, 0.15) is 35.1 Å². The number of ether oxygens (including phenoxy) is 2. The summed E-state index contributed by atoms with van der Waals surface area (Å²) in [5.41, 5.74) is 11.7. The van der Waals surface area contributed by atoms with Crippen LogP contribution in [0.4, 0.5) is 0 Å². The van der Waals surface area contributed by atoms with Crippen molar-refractivity contribution in [3.8, 4) is 11.5 Å². The van der Waals surface area contributed by atoms with Crippen molar-refractivity contribution in [2.24, 2.45) is 5.73 Å². The maximum atomic E-state index is 6.03. The molecule has 0 radical (unpaired) electrons. The van der Waals surface area contributed by atoms with E-state index in [1.54, 1.807) is 0 Å². The normalized spacial score (nSPS) is 22.1. The fourth-order valence-corrected chi connectivity index (χ4v) is 3.61. The second-order valence-electron chi connectivity index (χ2n) is 5.80. The van der Waals surface area contributed by atoms with Crippen LogP contribution in [0.15, 0.2) is 0 Å². The van der Waals surface area contributed by atoms with Gasteiger partial charge < -0.3 is 15.2 Å². The molecule has 1 aromatic carbocycles. The second kappa shape index (κ2) is 3.41. The Labute approximate surface area is 107 Å². The molecule has 0 spiro atoms. The fraction of sp³-hybridized carbons (Fsp3) is 0.600. The molecule has 4 rings (SSSR count). The van der Waals surface area contributed by atoms with Gasteiger partial charge in [0.05, 0.1) is 13.2 Å². The van der Waals surface area contributed by atoms with Gasteiger partial charge in [0.25, 0.3) is 0 Å². The summed E-state index contributed by atoms with van der Waals surface area (Å²) in [6, 6.07) is 0. The Morgan fingerprint density at radius 3 is 2.39 bits per heavy atom. The van der Waals surface area contributed by atoms with Gasteiger partial charge in [-0.1, -0.05) is 0 Å². The van der Waals surface area contributed by atoms with Crippen molar-refractivity contribution in [3.63, 3.8) is 0 Å². The molecule has 3 nitrogen and oxygen atoms in total. The second-order valence-corrected chi connectivity index (χ2v) is 5.80. The lowest BCUT2D eigenvalue weighted by molar-refractivity contribution is 0.349. The number of nitrogens with two attached hydrogens (primary N) is 1. The minimum Gasteiger partial charge on any atom is -0.493 e. The van der Waals surface area contributed by atoms with Crippen LogP contribution in [0.2, 0.25) is 0 Å². The van der Waals surface area contributed by atoms with Crippen LogP contribution in [0.25, 0.3) is 0 Å². The Balaban J connectivity index is 2.02. The molecule has 0 unspecified atom stereocenters. The SMILES string of the molecule is Cc1c2c(c(C3(CN)CC3)c3c1OCC3)OCC2. The first-order valence-electron chi connectivity index (χ1n) is 6.91. The zero-order valence-electron chi connectivity index (χ0n) is 10.8. The van der Waals surface area contributed by atoms with Crippen LogP contribution in [-0.2, 0) is 18.3 Å². The maximum absolute atomic E-state index is 6.03. The smallest absolute Gasteiger partial charge is 0.127 e. The molecule has 1 saturated carbocycles. The third-order valence-corrected chi connectivity index (χ3v) is 4.84. The van der Waals surface area contributed by atoms with Crippen molar-refractivity contribution < 1.29 is 9.47 Å². The van der Waals surface area contributed by atoms with Gasteiger partial charge in [0.2, 0.25) is 0 Å². The van der Waals surface area contributed by atoms with Crippen LogP contribution in [0.5, 0.6) is 11.5 Å². The molecule has 96 valence electrons. The van der Waals surface area contributed by atoms with Gasteiger partial charge in [0.15, 0.2) is 0 Å². The summed E-state index contributed by atoms with van der Waals surface area (Å²) in [5, 5.41) is 0. The predicted molar refractivity (Wildman–Crippen MR) is 69.5 cm³/mol. The minimum atomic E-state index is 0.194. The van der Waals surface area contributed by atoms with E-state index in [0.717, 1.165) is 44.1 Å². The first kappa shape index (κ1) is 10.7. The number of benzene rings is 1. The molecule has 3 heteroatoms. The molecule has 2 aliphatic heterocycles. The van der Waals surface area contributed by atoms with Gasteiger partial charge in [0.1, 0.15) is 11.5 Å². The van der Waals surface area contributed by atoms with Gasteiger partial charge >= 0.3 is 0 Å². The van der Waals surface area contributed by atoms with Gasteiger partial charge in [-0.15, -0.1) is 0 Å². The summed E-state index contributed by atoms with van der Waals surface area (Å²) in [4.78, 5) is 0. The maximum Gasteiger partial charge on any atom is 0.127 e. The standard InChI is InChI=1S/C15H19NO2/c1-9-10-2-6-18-14(10)12(15(8-16)4-5-15)11-3-7-17-13(9)11/h2-8,16H2,1H3. The Bertz CT molecular complexity index is 497. The van der Waals surface area contributed by atoms with Crippen LogP contribution < -0.4 is 15.2 Å². The Hall–Kier alpha value is -1.22. The fourth-order valence-electron chi connectivity index (χ4n) is 3.61. The topological polar surface area (TPSA) is 44.5 Å². The molecule has 0 amide bonds. The molecule has 0 saturated heterocycles. The van der Waals surface area contributed by atoms with E-state index in [9.17, 15) is 0 Å². The van der Waals surface area contributed by atoms with Crippen molar-refractivity contribution >= 4 is 0 Å². The number of hydrogen-bond donors (Lipinski definition) is 1. The summed E-state index contributed by atoms with van der Waals surface area (Å²) in [7, 11) is 0. The zero-order chi connectivity index (χ0) is 12.3. The summed E-state index contributed by atoms with van der Waals surface area (Å²) >= 11 is 0. The third kappa shape index (κ3) is 1.18. The minimum absolute atomic E-state index is 0.194. The molecule has 1 aromatic rings. The Morgan fingerprint density at radius 1 is 1.06 bits per heavy atom. The van der Waals surface area contributed by atoms with Crippen LogP contribution >= 0.6 is 0 Å². The highest BCUT2D eigenvalue weighted by molar-refractivity contribution is 5.65.